The SMILES string of the molecule is CCC(N)c1ccc(-c2ccccn2)cc1. The summed E-state index contributed by atoms with van der Waals surface area (Å²) in [7, 11) is 0. The molecule has 2 heteroatoms. The fourth-order valence-electron chi connectivity index (χ4n) is 1.67. The number of benzene rings is 1. The van der Waals surface area contributed by atoms with Crippen molar-refractivity contribution in [2.24, 2.45) is 5.73 Å². The van der Waals surface area contributed by atoms with Crippen molar-refractivity contribution in [3.05, 3.63) is 54.2 Å². The molecular weight excluding hydrogens is 196 g/mol. The minimum atomic E-state index is 0.137. The molecule has 0 radical (unpaired) electrons. The van der Waals surface area contributed by atoms with E-state index in [0.717, 1.165) is 17.7 Å². The Balaban J connectivity index is 2.26. The summed E-state index contributed by atoms with van der Waals surface area (Å²) in [4.78, 5) is 4.31. The van der Waals surface area contributed by atoms with Crippen LogP contribution >= 0.6 is 0 Å². The van der Waals surface area contributed by atoms with Crippen LogP contribution in [0, 0.1) is 0 Å². The first-order valence-corrected chi connectivity index (χ1v) is 5.58. The van der Waals surface area contributed by atoms with Crippen LogP contribution in [0.2, 0.25) is 0 Å². The zero-order valence-corrected chi connectivity index (χ0v) is 9.43. The predicted molar refractivity (Wildman–Crippen MR) is 66.9 cm³/mol. The molecule has 1 aromatic heterocycles. The summed E-state index contributed by atoms with van der Waals surface area (Å²) in [5, 5.41) is 0. The standard InChI is InChI=1S/C14H16N2/c1-2-13(15)11-6-8-12(9-7-11)14-5-3-4-10-16-14/h3-10,13H,2,15H2,1H3. The summed E-state index contributed by atoms with van der Waals surface area (Å²) < 4.78 is 0. The van der Waals surface area contributed by atoms with Crippen molar-refractivity contribution in [3.8, 4) is 11.3 Å². The molecule has 0 fully saturated rings. The van der Waals surface area contributed by atoms with Crippen LogP contribution in [-0.4, -0.2) is 4.98 Å². The summed E-state index contributed by atoms with van der Waals surface area (Å²) in [6.45, 7) is 2.09. The Morgan fingerprint density at radius 2 is 1.88 bits per heavy atom. The Bertz CT molecular complexity index is 434. The molecule has 1 heterocycles. The van der Waals surface area contributed by atoms with Crippen LogP contribution in [0.15, 0.2) is 48.7 Å². The second kappa shape index (κ2) is 4.90. The fourth-order valence-corrected chi connectivity index (χ4v) is 1.67. The molecule has 2 nitrogen and oxygen atoms in total. The second-order valence-corrected chi connectivity index (χ2v) is 3.85. The average molecular weight is 212 g/mol. The Hall–Kier alpha value is -1.67. The number of hydrogen-bond acceptors (Lipinski definition) is 2. The van der Waals surface area contributed by atoms with Crippen molar-refractivity contribution in [1.29, 1.82) is 0 Å². The predicted octanol–water partition coefficient (Wildman–Crippen LogP) is 3.16. The summed E-state index contributed by atoms with van der Waals surface area (Å²) in [6.07, 6.45) is 2.77. The van der Waals surface area contributed by atoms with E-state index in [-0.39, 0.29) is 6.04 Å². The second-order valence-electron chi connectivity index (χ2n) is 3.85. The van der Waals surface area contributed by atoms with Gasteiger partial charge in [-0.3, -0.25) is 4.98 Å². The van der Waals surface area contributed by atoms with Gasteiger partial charge in [0.15, 0.2) is 0 Å². The van der Waals surface area contributed by atoms with Crippen LogP contribution in [-0.2, 0) is 0 Å². The first kappa shape index (κ1) is 10.8. The van der Waals surface area contributed by atoms with E-state index in [4.69, 9.17) is 5.73 Å². The van der Waals surface area contributed by atoms with E-state index >= 15 is 0 Å². The Kier molecular flexibility index (Phi) is 3.32. The molecule has 1 unspecified atom stereocenters. The molecule has 0 amide bonds. The number of pyridine rings is 1. The molecule has 0 spiro atoms. The van der Waals surface area contributed by atoms with Gasteiger partial charge in [0.2, 0.25) is 0 Å². The molecule has 82 valence electrons. The van der Waals surface area contributed by atoms with Gasteiger partial charge in [0, 0.05) is 17.8 Å². The maximum atomic E-state index is 5.97. The van der Waals surface area contributed by atoms with E-state index in [0.29, 0.717) is 0 Å². The van der Waals surface area contributed by atoms with E-state index < -0.39 is 0 Å². The van der Waals surface area contributed by atoms with Crippen molar-refractivity contribution in [2.75, 3.05) is 0 Å². The highest BCUT2D eigenvalue weighted by Gasteiger charge is 2.03. The van der Waals surface area contributed by atoms with E-state index in [1.165, 1.54) is 5.56 Å². The van der Waals surface area contributed by atoms with Gasteiger partial charge in [0.25, 0.3) is 0 Å². The number of aromatic nitrogens is 1. The van der Waals surface area contributed by atoms with Crippen LogP contribution in [0.3, 0.4) is 0 Å². The average Bonchev–Trinajstić information content (AvgIpc) is 2.39. The Morgan fingerprint density at radius 1 is 1.12 bits per heavy atom. The molecule has 0 aliphatic carbocycles. The molecule has 2 N–H and O–H groups in total. The molecule has 0 bridgehead atoms. The highest BCUT2D eigenvalue weighted by Crippen LogP contribution is 2.20. The molecule has 1 aromatic carbocycles. The number of hydrogen-bond donors (Lipinski definition) is 1. The molecule has 0 saturated carbocycles. The minimum absolute atomic E-state index is 0.137. The number of nitrogens with two attached hydrogens (primary N) is 1. The third-order valence-corrected chi connectivity index (χ3v) is 2.74. The molecular formula is C14H16N2. The van der Waals surface area contributed by atoms with E-state index in [2.05, 4.69) is 36.2 Å². The lowest BCUT2D eigenvalue weighted by molar-refractivity contribution is 0.699. The zero-order valence-electron chi connectivity index (χ0n) is 9.43. The lowest BCUT2D eigenvalue weighted by Crippen LogP contribution is -2.08. The minimum Gasteiger partial charge on any atom is -0.324 e. The quantitative estimate of drug-likeness (QED) is 0.848. The molecule has 16 heavy (non-hydrogen) atoms. The van der Waals surface area contributed by atoms with Crippen LogP contribution in [0.4, 0.5) is 0 Å². The van der Waals surface area contributed by atoms with Gasteiger partial charge in [0.1, 0.15) is 0 Å². The molecule has 2 rings (SSSR count). The van der Waals surface area contributed by atoms with Crippen LogP contribution in [0.1, 0.15) is 24.9 Å². The number of rotatable bonds is 3. The van der Waals surface area contributed by atoms with E-state index in [1.54, 1.807) is 6.20 Å². The van der Waals surface area contributed by atoms with Gasteiger partial charge in [-0.1, -0.05) is 37.3 Å². The molecule has 0 saturated heterocycles. The normalized spacial score (nSPS) is 12.4. The van der Waals surface area contributed by atoms with Crippen molar-refractivity contribution in [3.63, 3.8) is 0 Å². The van der Waals surface area contributed by atoms with Crippen molar-refractivity contribution < 1.29 is 0 Å². The molecule has 2 aromatic rings. The van der Waals surface area contributed by atoms with Crippen LogP contribution < -0.4 is 5.73 Å². The van der Waals surface area contributed by atoms with Gasteiger partial charge in [-0.15, -0.1) is 0 Å². The lowest BCUT2D eigenvalue weighted by atomic mass is 10.0. The summed E-state index contributed by atoms with van der Waals surface area (Å²) >= 11 is 0. The van der Waals surface area contributed by atoms with Crippen LogP contribution in [0.25, 0.3) is 11.3 Å². The Morgan fingerprint density at radius 3 is 2.44 bits per heavy atom. The zero-order chi connectivity index (χ0) is 11.4. The monoisotopic (exact) mass is 212 g/mol. The maximum Gasteiger partial charge on any atom is 0.0701 e. The van der Waals surface area contributed by atoms with Gasteiger partial charge in [0.05, 0.1) is 5.69 Å². The summed E-state index contributed by atoms with van der Waals surface area (Å²) in [5.74, 6) is 0. The molecule has 0 aliphatic heterocycles. The van der Waals surface area contributed by atoms with Gasteiger partial charge < -0.3 is 5.73 Å². The lowest BCUT2D eigenvalue weighted by Gasteiger charge is -2.09. The van der Waals surface area contributed by atoms with Crippen molar-refractivity contribution in [1.82, 2.24) is 4.98 Å². The van der Waals surface area contributed by atoms with Crippen molar-refractivity contribution in [2.45, 2.75) is 19.4 Å². The summed E-state index contributed by atoms with van der Waals surface area (Å²) in [5.41, 5.74) is 9.28. The van der Waals surface area contributed by atoms with Gasteiger partial charge in [-0.2, -0.15) is 0 Å². The number of nitrogens with zero attached hydrogens (tertiary/aromatic N) is 1. The largest absolute Gasteiger partial charge is 0.324 e. The first-order chi connectivity index (χ1) is 7.81. The first-order valence-electron chi connectivity index (χ1n) is 5.58. The highest BCUT2D eigenvalue weighted by molar-refractivity contribution is 5.59. The highest BCUT2D eigenvalue weighted by atomic mass is 14.7. The van der Waals surface area contributed by atoms with Gasteiger partial charge in [-0.05, 0) is 24.1 Å². The smallest absolute Gasteiger partial charge is 0.0701 e. The van der Waals surface area contributed by atoms with Gasteiger partial charge >= 0.3 is 0 Å². The Labute approximate surface area is 96.1 Å². The maximum absolute atomic E-state index is 5.97. The summed E-state index contributed by atoms with van der Waals surface area (Å²) in [6, 6.07) is 14.4. The van der Waals surface area contributed by atoms with Gasteiger partial charge in [-0.25, -0.2) is 0 Å². The van der Waals surface area contributed by atoms with E-state index in [1.807, 2.05) is 18.2 Å². The van der Waals surface area contributed by atoms with Crippen molar-refractivity contribution >= 4 is 0 Å². The van der Waals surface area contributed by atoms with Crippen LogP contribution in [0.5, 0.6) is 0 Å². The van der Waals surface area contributed by atoms with E-state index in [9.17, 15) is 0 Å². The third kappa shape index (κ3) is 2.28. The molecule has 1 atom stereocenters. The molecule has 0 aliphatic rings. The topological polar surface area (TPSA) is 38.9 Å². The third-order valence-electron chi connectivity index (χ3n) is 2.74. The fraction of sp³-hybridized carbons (Fsp3) is 0.214.